The van der Waals surface area contributed by atoms with E-state index in [1.54, 1.807) is 6.07 Å². The van der Waals surface area contributed by atoms with Crippen LogP contribution in [0.5, 0.6) is 0 Å². The fraction of sp³-hybridized carbons (Fsp3) is 0. The molecule has 214 valence electrons. The molecule has 0 aliphatic rings. The number of aromatic nitrogens is 3. The minimum absolute atomic E-state index is 0.400. The standard InChI is InChI=1S/C42H26N4/c43-27-32-19-12-24-37(44-32)41-35-22-9-7-20-33(35)40(34-21-8-10-23-36(34)41)31-18-11-17-30(25-31)39-26-38(28-13-3-1-4-14-28)45-42(46-39)29-15-5-2-6-16-29/h1-26H. The number of rotatable bonds is 5. The SMILES string of the molecule is N#Cc1cccc(-c2c3ccccc3c(-c3cccc(-c4cc(-c5ccccc5)nc(-c5ccccc5)n4)c3)c3ccccc23)n1. The minimum atomic E-state index is 0.400. The Bertz CT molecular complexity index is 2310. The molecule has 2 heterocycles. The smallest absolute Gasteiger partial charge is 0.160 e. The first-order valence-electron chi connectivity index (χ1n) is 15.2. The number of nitrogens with zero attached hydrogens (tertiary/aromatic N) is 4. The van der Waals surface area contributed by atoms with Gasteiger partial charge in [-0.25, -0.2) is 15.0 Å². The Kier molecular flexibility index (Phi) is 6.83. The van der Waals surface area contributed by atoms with Crippen molar-refractivity contribution in [1.82, 2.24) is 15.0 Å². The third-order valence-corrected chi connectivity index (χ3v) is 8.33. The first-order valence-corrected chi connectivity index (χ1v) is 15.2. The first-order chi connectivity index (χ1) is 22.8. The Hall–Kier alpha value is -6.44. The highest BCUT2D eigenvalue weighted by Gasteiger charge is 2.18. The molecule has 2 aromatic heterocycles. The van der Waals surface area contributed by atoms with Gasteiger partial charge in [0.1, 0.15) is 11.8 Å². The number of pyridine rings is 1. The van der Waals surface area contributed by atoms with Gasteiger partial charge < -0.3 is 0 Å². The van der Waals surface area contributed by atoms with Gasteiger partial charge in [0.05, 0.1) is 17.1 Å². The molecule has 4 nitrogen and oxygen atoms in total. The van der Waals surface area contributed by atoms with Crippen molar-refractivity contribution in [3.8, 4) is 62.4 Å². The van der Waals surface area contributed by atoms with Crippen molar-refractivity contribution >= 4 is 21.5 Å². The molecule has 6 aromatic carbocycles. The summed E-state index contributed by atoms with van der Waals surface area (Å²) < 4.78 is 0. The molecule has 0 radical (unpaired) electrons. The Labute approximate surface area is 266 Å². The van der Waals surface area contributed by atoms with E-state index in [0.29, 0.717) is 11.5 Å². The highest BCUT2D eigenvalue weighted by atomic mass is 14.9. The van der Waals surface area contributed by atoms with Gasteiger partial charge >= 0.3 is 0 Å². The molecule has 0 saturated carbocycles. The maximum absolute atomic E-state index is 9.59. The van der Waals surface area contributed by atoms with Gasteiger partial charge in [0.2, 0.25) is 0 Å². The van der Waals surface area contributed by atoms with Crippen molar-refractivity contribution in [3.05, 3.63) is 163 Å². The molecule has 0 saturated heterocycles. The van der Waals surface area contributed by atoms with Crippen molar-refractivity contribution in [2.75, 3.05) is 0 Å². The molecule has 0 amide bonds. The number of nitriles is 1. The summed E-state index contributed by atoms with van der Waals surface area (Å²) in [4.78, 5) is 14.8. The molecule has 0 unspecified atom stereocenters. The summed E-state index contributed by atoms with van der Waals surface area (Å²) in [6, 6.07) is 55.8. The lowest BCUT2D eigenvalue weighted by Gasteiger charge is -2.18. The van der Waals surface area contributed by atoms with Crippen LogP contribution >= 0.6 is 0 Å². The predicted octanol–water partition coefficient (Wildman–Crippen LogP) is 10.4. The van der Waals surface area contributed by atoms with Gasteiger partial charge in [0.15, 0.2) is 5.82 Å². The fourth-order valence-corrected chi connectivity index (χ4v) is 6.25. The van der Waals surface area contributed by atoms with Crippen LogP contribution in [0.3, 0.4) is 0 Å². The zero-order valence-electron chi connectivity index (χ0n) is 24.8. The van der Waals surface area contributed by atoms with Gasteiger partial charge in [-0.05, 0) is 56.9 Å². The molecule has 0 fully saturated rings. The lowest BCUT2D eigenvalue weighted by Crippen LogP contribution is -1.96. The topological polar surface area (TPSA) is 62.5 Å². The molecular weight excluding hydrogens is 560 g/mol. The fourth-order valence-electron chi connectivity index (χ4n) is 6.25. The molecule has 8 rings (SSSR count). The second kappa shape index (κ2) is 11.6. The summed E-state index contributed by atoms with van der Waals surface area (Å²) in [6.45, 7) is 0. The Morgan fingerprint density at radius 1 is 0.370 bits per heavy atom. The highest BCUT2D eigenvalue weighted by Crippen LogP contribution is 2.43. The molecular formula is C42H26N4. The third-order valence-electron chi connectivity index (χ3n) is 8.33. The van der Waals surface area contributed by atoms with Crippen molar-refractivity contribution in [2.45, 2.75) is 0 Å². The van der Waals surface area contributed by atoms with E-state index in [4.69, 9.17) is 15.0 Å². The number of hydrogen-bond donors (Lipinski definition) is 0. The lowest BCUT2D eigenvalue weighted by atomic mass is 9.86. The van der Waals surface area contributed by atoms with Crippen LogP contribution in [0.4, 0.5) is 0 Å². The molecule has 0 spiro atoms. The van der Waals surface area contributed by atoms with E-state index in [2.05, 4.69) is 97.1 Å². The van der Waals surface area contributed by atoms with Crippen molar-refractivity contribution in [2.24, 2.45) is 0 Å². The van der Waals surface area contributed by atoms with E-state index >= 15 is 0 Å². The summed E-state index contributed by atoms with van der Waals surface area (Å²) in [5.41, 5.74) is 9.21. The molecule has 0 atom stereocenters. The van der Waals surface area contributed by atoms with E-state index in [9.17, 15) is 5.26 Å². The summed E-state index contributed by atoms with van der Waals surface area (Å²) >= 11 is 0. The van der Waals surface area contributed by atoms with E-state index in [1.165, 1.54) is 0 Å². The van der Waals surface area contributed by atoms with Crippen LogP contribution in [0.15, 0.2) is 158 Å². The molecule has 0 aliphatic carbocycles. The van der Waals surface area contributed by atoms with Crippen molar-refractivity contribution in [3.63, 3.8) is 0 Å². The largest absolute Gasteiger partial charge is 0.237 e. The van der Waals surface area contributed by atoms with Crippen LogP contribution in [-0.4, -0.2) is 15.0 Å². The Balaban J connectivity index is 1.36. The van der Waals surface area contributed by atoms with Crippen molar-refractivity contribution < 1.29 is 0 Å². The van der Waals surface area contributed by atoms with E-state index in [-0.39, 0.29) is 0 Å². The van der Waals surface area contributed by atoms with Gasteiger partial charge in [0.25, 0.3) is 0 Å². The van der Waals surface area contributed by atoms with Crippen LogP contribution in [0, 0.1) is 11.3 Å². The zero-order valence-corrected chi connectivity index (χ0v) is 24.8. The summed E-state index contributed by atoms with van der Waals surface area (Å²) in [5.74, 6) is 0.690. The van der Waals surface area contributed by atoms with Crippen LogP contribution in [0.2, 0.25) is 0 Å². The van der Waals surface area contributed by atoms with Crippen LogP contribution in [-0.2, 0) is 0 Å². The molecule has 4 heteroatoms. The first kappa shape index (κ1) is 27.1. The molecule has 46 heavy (non-hydrogen) atoms. The van der Waals surface area contributed by atoms with Crippen LogP contribution in [0.1, 0.15) is 5.69 Å². The maximum Gasteiger partial charge on any atom is 0.160 e. The summed E-state index contributed by atoms with van der Waals surface area (Å²) in [6.07, 6.45) is 0. The molecule has 0 bridgehead atoms. The highest BCUT2D eigenvalue weighted by molar-refractivity contribution is 6.21. The Morgan fingerprint density at radius 2 is 0.870 bits per heavy atom. The molecule has 0 aliphatic heterocycles. The van der Waals surface area contributed by atoms with Crippen LogP contribution < -0.4 is 0 Å². The third kappa shape index (κ3) is 4.87. The second-order valence-electron chi connectivity index (χ2n) is 11.1. The normalized spacial score (nSPS) is 11.0. The van der Waals surface area contributed by atoms with Gasteiger partial charge in [-0.2, -0.15) is 5.26 Å². The van der Waals surface area contributed by atoms with E-state index in [1.807, 2.05) is 60.7 Å². The summed E-state index contributed by atoms with van der Waals surface area (Å²) in [5, 5.41) is 14.0. The van der Waals surface area contributed by atoms with E-state index < -0.39 is 0 Å². The quantitative estimate of drug-likeness (QED) is 0.188. The number of fused-ring (bicyclic) bond motifs is 2. The number of benzene rings is 6. The average molecular weight is 587 g/mol. The van der Waals surface area contributed by atoms with Gasteiger partial charge in [-0.3, -0.25) is 0 Å². The lowest BCUT2D eigenvalue weighted by molar-refractivity contribution is 1.18. The van der Waals surface area contributed by atoms with Crippen LogP contribution in [0.25, 0.3) is 77.8 Å². The molecule has 0 N–H and O–H groups in total. The van der Waals surface area contributed by atoms with Crippen molar-refractivity contribution in [1.29, 1.82) is 5.26 Å². The monoisotopic (exact) mass is 586 g/mol. The summed E-state index contributed by atoms with van der Waals surface area (Å²) in [7, 11) is 0. The number of hydrogen-bond acceptors (Lipinski definition) is 4. The zero-order chi connectivity index (χ0) is 30.9. The predicted molar refractivity (Wildman–Crippen MR) is 187 cm³/mol. The van der Waals surface area contributed by atoms with Gasteiger partial charge in [0, 0.05) is 22.3 Å². The van der Waals surface area contributed by atoms with Gasteiger partial charge in [-0.1, -0.05) is 133 Å². The Morgan fingerprint density at radius 3 is 1.50 bits per heavy atom. The van der Waals surface area contributed by atoms with E-state index in [0.717, 1.165) is 72.0 Å². The minimum Gasteiger partial charge on any atom is -0.237 e. The maximum atomic E-state index is 9.59. The molecule has 8 aromatic rings. The second-order valence-corrected chi connectivity index (χ2v) is 11.1. The van der Waals surface area contributed by atoms with Gasteiger partial charge in [-0.15, -0.1) is 0 Å². The average Bonchev–Trinajstić information content (AvgIpc) is 3.14.